The SMILES string of the molecule is CC(=O)N[C@H](C(=O)Oc1ccccc1)C(C)(C)S. The van der Waals surface area contributed by atoms with Crippen LogP contribution < -0.4 is 10.1 Å². The molecule has 98 valence electrons. The molecule has 0 bridgehead atoms. The van der Waals surface area contributed by atoms with Gasteiger partial charge in [0.1, 0.15) is 11.8 Å². The molecule has 1 amide bonds. The summed E-state index contributed by atoms with van der Waals surface area (Å²) in [6, 6.07) is 7.90. The van der Waals surface area contributed by atoms with Crippen molar-refractivity contribution < 1.29 is 14.3 Å². The van der Waals surface area contributed by atoms with Crippen LogP contribution in [0.15, 0.2) is 30.3 Å². The number of rotatable bonds is 4. The van der Waals surface area contributed by atoms with Crippen LogP contribution in [-0.2, 0) is 9.59 Å². The summed E-state index contributed by atoms with van der Waals surface area (Å²) in [5.41, 5.74) is 0. The van der Waals surface area contributed by atoms with E-state index >= 15 is 0 Å². The van der Waals surface area contributed by atoms with Crippen LogP contribution in [0.1, 0.15) is 20.8 Å². The van der Waals surface area contributed by atoms with Crippen molar-refractivity contribution in [1.29, 1.82) is 0 Å². The first kappa shape index (κ1) is 14.6. The molecule has 0 unspecified atom stereocenters. The standard InChI is InChI=1S/C13H17NO3S/c1-9(15)14-11(13(2,3)18)12(16)17-10-7-5-4-6-8-10/h4-8,11,18H,1-3H3,(H,14,15)/t11-/m1/s1. The molecule has 1 aromatic carbocycles. The van der Waals surface area contributed by atoms with Crippen molar-refractivity contribution in [3.63, 3.8) is 0 Å². The van der Waals surface area contributed by atoms with E-state index in [9.17, 15) is 9.59 Å². The molecule has 1 atom stereocenters. The largest absolute Gasteiger partial charge is 0.425 e. The number of amides is 1. The Balaban J connectivity index is 2.80. The fourth-order valence-corrected chi connectivity index (χ4v) is 1.56. The predicted molar refractivity (Wildman–Crippen MR) is 72.7 cm³/mol. The molecule has 0 aliphatic carbocycles. The third-order valence-corrected chi connectivity index (χ3v) is 2.51. The highest BCUT2D eigenvalue weighted by molar-refractivity contribution is 7.81. The van der Waals surface area contributed by atoms with Crippen LogP contribution >= 0.6 is 12.6 Å². The van der Waals surface area contributed by atoms with Crippen molar-refractivity contribution in [1.82, 2.24) is 5.32 Å². The van der Waals surface area contributed by atoms with Gasteiger partial charge in [-0.1, -0.05) is 18.2 Å². The van der Waals surface area contributed by atoms with E-state index in [2.05, 4.69) is 17.9 Å². The average Bonchev–Trinajstić information content (AvgIpc) is 2.25. The van der Waals surface area contributed by atoms with Gasteiger partial charge in [-0.2, -0.15) is 12.6 Å². The number of thiol groups is 1. The first-order chi connectivity index (χ1) is 8.30. The molecule has 5 heteroatoms. The fourth-order valence-electron chi connectivity index (χ4n) is 1.39. The maximum atomic E-state index is 12.0. The van der Waals surface area contributed by atoms with Gasteiger partial charge in [0.15, 0.2) is 0 Å². The number of para-hydroxylation sites is 1. The van der Waals surface area contributed by atoms with E-state index in [-0.39, 0.29) is 5.91 Å². The van der Waals surface area contributed by atoms with E-state index in [0.717, 1.165) is 0 Å². The van der Waals surface area contributed by atoms with Gasteiger partial charge in [0.25, 0.3) is 0 Å². The summed E-state index contributed by atoms with van der Waals surface area (Å²) in [7, 11) is 0. The van der Waals surface area contributed by atoms with Gasteiger partial charge >= 0.3 is 5.97 Å². The van der Waals surface area contributed by atoms with Crippen LogP contribution in [0.25, 0.3) is 0 Å². The Hall–Kier alpha value is -1.49. The van der Waals surface area contributed by atoms with Gasteiger partial charge in [0.2, 0.25) is 5.91 Å². The van der Waals surface area contributed by atoms with E-state index in [1.54, 1.807) is 38.1 Å². The Kier molecular flexibility index (Phi) is 4.78. The van der Waals surface area contributed by atoms with Gasteiger partial charge in [-0.25, -0.2) is 4.79 Å². The summed E-state index contributed by atoms with van der Waals surface area (Å²) in [4.78, 5) is 23.1. The number of ether oxygens (including phenoxy) is 1. The summed E-state index contributed by atoms with van der Waals surface area (Å²) < 4.78 is 4.49. The first-order valence-electron chi connectivity index (χ1n) is 5.57. The predicted octanol–water partition coefficient (Wildman–Crippen LogP) is 1.81. The number of hydrogen-bond donors (Lipinski definition) is 2. The Morgan fingerprint density at radius 3 is 2.28 bits per heavy atom. The lowest BCUT2D eigenvalue weighted by Gasteiger charge is -2.28. The Bertz CT molecular complexity index is 426. The minimum Gasteiger partial charge on any atom is -0.425 e. The molecule has 0 spiro atoms. The van der Waals surface area contributed by atoms with Gasteiger partial charge in [-0.3, -0.25) is 4.79 Å². The number of esters is 1. The Morgan fingerprint density at radius 1 is 1.28 bits per heavy atom. The molecule has 0 aromatic heterocycles. The molecule has 0 heterocycles. The molecular formula is C13H17NO3S. The lowest BCUT2D eigenvalue weighted by atomic mass is 10.0. The zero-order valence-corrected chi connectivity index (χ0v) is 11.5. The highest BCUT2D eigenvalue weighted by atomic mass is 32.1. The van der Waals surface area contributed by atoms with Crippen molar-refractivity contribution in [2.75, 3.05) is 0 Å². The van der Waals surface area contributed by atoms with Gasteiger partial charge in [0, 0.05) is 11.7 Å². The van der Waals surface area contributed by atoms with E-state index in [4.69, 9.17) is 4.74 Å². The van der Waals surface area contributed by atoms with E-state index in [1.165, 1.54) is 6.92 Å². The zero-order chi connectivity index (χ0) is 13.8. The normalized spacial score (nSPS) is 12.7. The van der Waals surface area contributed by atoms with Crippen LogP contribution in [-0.4, -0.2) is 22.7 Å². The number of carbonyl (C=O) groups is 2. The average molecular weight is 267 g/mol. The second-order valence-electron chi connectivity index (χ2n) is 4.52. The summed E-state index contributed by atoms with van der Waals surface area (Å²) >= 11 is 4.31. The van der Waals surface area contributed by atoms with E-state index in [0.29, 0.717) is 5.75 Å². The van der Waals surface area contributed by atoms with Crippen LogP contribution in [0.2, 0.25) is 0 Å². The minimum absolute atomic E-state index is 0.299. The summed E-state index contributed by atoms with van der Waals surface area (Å²) in [5.74, 6) is -0.390. The molecule has 1 rings (SSSR count). The molecule has 0 saturated heterocycles. The molecule has 0 aliphatic rings. The molecule has 0 saturated carbocycles. The smallest absolute Gasteiger partial charge is 0.335 e. The van der Waals surface area contributed by atoms with Gasteiger partial charge < -0.3 is 10.1 Å². The lowest BCUT2D eigenvalue weighted by Crippen LogP contribution is -2.52. The molecular weight excluding hydrogens is 250 g/mol. The van der Waals surface area contributed by atoms with E-state index in [1.807, 2.05) is 6.07 Å². The summed E-state index contributed by atoms with van der Waals surface area (Å²) in [6.45, 7) is 4.83. The van der Waals surface area contributed by atoms with Crippen LogP contribution in [0.4, 0.5) is 0 Å². The molecule has 0 aliphatic heterocycles. The first-order valence-corrected chi connectivity index (χ1v) is 6.01. The number of hydrogen-bond acceptors (Lipinski definition) is 4. The Morgan fingerprint density at radius 2 is 1.83 bits per heavy atom. The third-order valence-electron chi connectivity index (χ3n) is 2.25. The van der Waals surface area contributed by atoms with Crippen molar-refractivity contribution in [2.45, 2.75) is 31.6 Å². The third kappa shape index (κ3) is 4.41. The van der Waals surface area contributed by atoms with Crippen LogP contribution in [0.3, 0.4) is 0 Å². The number of carbonyl (C=O) groups excluding carboxylic acids is 2. The lowest BCUT2D eigenvalue weighted by molar-refractivity contribution is -0.139. The van der Waals surface area contributed by atoms with Gasteiger partial charge in [-0.15, -0.1) is 0 Å². The highest BCUT2D eigenvalue weighted by Crippen LogP contribution is 2.20. The molecule has 0 fully saturated rings. The number of nitrogens with one attached hydrogen (secondary N) is 1. The van der Waals surface area contributed by atoms with E-state index < -0.39 is 16.8 Å². The fraction of sp³-hybridized carbons (Fsp3) is 0.385. The van der Waals surface area contributed by atoms with Crippen LogP contribution in [0.5, 0.6) is 5.75 Å². The van der Waals surface area contributed by atoms with Gasteiger partial charge in [0.05, 0.1) is 0 Å². The molecule has 0 radical (unpaired) electrons. The summed E-state index contributed by atoms with van der Waals surface area (Å²) in [6.07, 6.45) is 0. The molecule has 4 nitrogen and oxygen atoms in total. The highest BCUT2D eigenvalue weighted by Gasteiger charge is 2.34. The maximum Gasteiger partial charge on any atom is 0.335 e. The molecule has 18 heavy (non-hydrogen) atoms. The second-order valence-corrected chi connectivity index (χ2v) is 5.67. The van der Waals surface area contributed by atoms with Crippen molar-refractivity contribution in [2.24, 2.45) is 0 Å². The maximum absolute atomic E-state index is 12.0. The monoisotopic (exact) mass is 267 g/mol. The number of benzene rings is 1. The van der Waals surface area contributed by atoms with Crippen molar-refractivity contribution >= 4 is 24.5 Å². The second kappa shape index (κ2) is 5.91. The topological polar surface area (TPSA) is 55.4 Å². The molecule has 1 N–H and O–H groups in total. The van der Waals surface area contributed by atoms with Gasteiger partial charge in [-0.05, 0) is 26.0 Å². The quantitative estimate of drug-likeness (QED) is 0.497. The molecule has 1 aromatic rings. The Labute approximate surface area is 112 Å². The minimum atomic E-state index is -0.807. The van der Waals surface area contributed by atoms with Crippen LogP contribution in [0, 0.1) is 0 Å². The van der Waals surface area contributed by atoms with Crippen molar-refractivity contribution in [3.05, 3.63) is 30.3 Å². The van der Waals surface area contributed by atoms with Crippen molar-refractivity contribution in [3.8, 4) is 5.75 Å². The zero-order valence-electron chi connectivity index (χ0n) is 10.6. The summed E-state index contributed by atoms with van der Waals surface area (Å²) in [5, 5.41) is 2.55.